The first-order valence-electron chi connectivity index (χ1n) is 6.04. The van der Waals surface area contributed by atoms with Crippen LogP contribution in [0.5, 0.6) is 0 Å². The van der Waals surface area contributed by atoms with Gasteiger partial charge in [-0.1, -0.05) is 6.92 Å². The van der Waals surface area contributed by atoms with Crippen LogP contribution in [0.3, 0.4) is 0 Å². The second-order valence-corrected chi connectivity index (χ2v) is 4.41. The molecule has 0 N–H and O–H groups in total. The predicted octanol–water partition coefficient (Wildman–Crippen LogP) is 1.53. The molecule has 16 heavy (non-hydrogen) atoms. The minimum atomic E-state index is 0.289. The Labute approximate surface area is 96.2 Å². The summed E-state index contributed by atoms with van der Waals surface area (Å²) in [5, 5.41) is 4.22. The first kappa shape index (κ1) is 11.2. The summed E-state index contributed by atoms with van der Waals surface area (Å²) in [5.74, 6) is 0.957. The van der Waals surface area contributed by atoms with Gasteiger partial charge in [-0.05, 0) is 24.8 Å². The lowest BCUT2D eigenvalue weighted by molar-refractivity contribution is -0.132. The number of amides is 1. The molecular formula is C12H19N3O. The third kappa shape index (κ3) is 2.62. The Morgan fingerprint density at radius 3 is 2.75 bits per heavy atom. The van der Waals surface area contributed by atoms with Crippen molar-refractivity contribution in [3.63, 3.8) is 0 Å². The van der Waals surface area contributed by atoms with Crippen molar-refractivity contribution in [1.29, 1.82) is 0 Å². The molecule has 0 saturated carbocycles. The van der Waals surface area contributed by atoms with Gasteiger partial charge < -0.3 is 4.90 Å². The summed E-state index contributed by atoms with van der Waals surface area (Å²) in [7, 11) is 0. The molecule has 2 heterocycles. The molecule has 0 atom stereocenters. The number of carbonyl (C=O) groups is 1. The molecule has 0 spiro atoms. The zero-order valence-corrected chi connectivity index (χ0v) is 9.80. The van der Waals surface area contributed by atoms with Crippen molar-refractivity contribution in [3.05, 3.63) is 18.5 Å². The molecule has 1 amide bonds. The van der Waals surface area contributed by atoms with E-state index in [9.17, 15) is 4.79 Å². The molecule has 0 aliphatic carbocycles. The van der Waals surface area contributed by atoms with Crippen LogP contribution in [0.1, 0.15) is 26.2 Å². The Hall–Kier alpha value is -1.32. The molecular weight excluding hydrogens is 202 g/mol. The molecule has 0 unspecified atom stereocenters. The van der Waals surface area contributed by atoms with Gasteiger partial charge >= 0.3 is 0 Å². The first-order chi connectivity index (χ1) is 7.79. The summed E-state index contributed by atoms with van der Waals surface area (Å²) in [6.07, 6.45) is 6.65. The van der Waals surface area contributed by atoms with Crippen molar-refractivity contribution in [3.8, 4) is 0 Å². The van der Waals surface area contributed by atoms with Gasteiger partial charge in [0.1, 0.15) is 0 Å². The monoisotopic (exact) mass is 221 g/mol. The van der Waals surface area contributed by atoms with Crippen LogP contribution in [-0.4, -0.2) is 33.7 Å². The highest BCUT2D eigenvalue weighted by molar-refractivity contribution is 5.75. The van der Waals surface area contributed by atoms with Gasteiger partial charge in [-0.15, -0.1) is 0 Å². The van der Waals surface area contributed by atoms with Crippen LogP contribution >= 0.6 is 0 Å². The number of hydrogen-bond donors (Lipinski definition) is 0. The van der Waals surface area contributed by atoms with Crippen molar-refractivity contribution in [2.75, 3.05) is 13.1 Å². The maximum atomic E-state index is 11.5. The van der Waals surface area contributed by atoms with Crippen molar-refractivity contribution in [1.82, 2.24) is 14.7 Å². The number of carbonyl (C=O) groups excluding carboxylic acids is 1. The molecule has 4 nitrogen and oxygen atoms in total. The maximum absolute atomic E-state index is 11.5. The lowest BCUT2D eigenvalue weighted by Gasteiger charge is -2.31. The highest BCUT2D eigenvalue weighted by atomic mass is 16.2. The largest absolute Gasteiger partial charge is 0.343 e. The fourth-order valence-electron chi connectivity index (χ4n) is 2.26. The van der Waals surface area contributed by atoms with Gasteiger partial charge in [-0.3, -0.25) is 9.48 Å². The quantitative estimate of drug-likeness (QED) is 0.776. The van der Waals surface area contributed by atoms with Crippen LogP contribution in [0.4, 0.5) is 0 Å². The first-order valence-corrected chi connectivity index (χ1v) is 6.04. The van der Waals surface area contributed by atoms with E-state index in [1.165, 1.54) is 0 Å². The second kappa shape index (κ2) is 5.14. The SMILES string of the molecule is CCC(=O)N1CCC(Cn2cccn2)CC1. The van der Waals surface area contributed by atoms with E-state index in [2.05, 4.69) is 5.10 Å². The van der Waals surface area contributed by atoms with E-state index in [1.807, 2.05) is 35.0 Å². The fraction of sp³-hybridized carbons (Fsp3) is 0.667. The number of rotatable bonds is 3. The Morgan fingerprint density at radius 2 is 2.19 bits per heavy atom. The molecule has 1 saturated heterocycles. The molecule has 1 aromatic rings. The lowest BCUT2D eigenvalue weighted by Crippen LogP contribution is -2.38. The molecule has 1 aliphatic rings. The molecule has 1 aromatic heterocycles. The van der Waals surface area contributed by atoms with Crippen LogP contribution in [0.2, 0.25) is 0 Å². The van der Waals surface area contributed by atoms with E-state index in [0.29, 0.717) is 12.3 Å². The van der Waals surface area contributed by atoms with E-state index in [0.717, 1.165) is 32.5 Å². The molecule has 1 aliphatic heterocycles. The predicted molar refractivity (Wildman–Crippen MR) is 61.8 cm³/mol. The molecule has 1 fully saturated rings. The van der Waals surface area contributed by atoms with Crippen LogP contribution in [0.15, 0.2) is 18.5 Å². The van der Waals surface area contributed by atoms with E-state index >= 15 is 0 Å². The second-order valence-electron chi connectivity index (χ2n) is 4.41. The Kier molecular flexibility index (Phi) is 3.59. The van der Waals surface area contributed by atoms with Gasteiger partial charge in [0.15, 0.2) is 0 Å². The van der Waals surface area contributed by atoms with Gasteiger partial charge in [0.05, 0.1) is 0 Å². The third-order valence-electron chi connectivity index (χ3n) is 3.27. The van der Waals surface area contributed by atoms with E-state index in [1.54, 1.807) is 0 Å². The topological polar surface area (TPSA) is 38.1 Å². The summed E-state index contributed by atoms with van der Waals surface area (Å²) in [6, 6.07) is 1.95. The average molecular weight is 221 g/mol. The minimum Gasteiger partial charge on any atom is -0.343 e. The highest BCUT2D eigenvalue weighted by Gasteiger charge is 2.21. The van der Waals surface area contributed by atoms with E-state index < -0.39 is 0 Å². The van der Waals surface area contributed by atoms with Gasteiger partial charge in [0.2, 0.25) is 5.91 Å². The fourth-order valence-corrected chi connectivity index (χ4v) is 2.26. The molecule has 0 aromatic carbocycles. The van der Waals surface area contributed by atoms with Gasteiger partial charge in [-0.2, -0.15) is 5.10 Å². The molecule has 0 bridgehead atoms. The summed E-state index contributed by atoms with van der Waals surface area (Å²) in [5.41, 5.74) is 0. The summed E-state index contributed by atoms with van der Waals surface area (Å²) < 4.78 is 1.99. The van der Waals surface area contributed by atoms with Crippen molar-refractivity contribution < 1.29 is 4.79 Å². The van der Waals surface area contributed by atoms with Crippen molar-refractivity contribution in [2.45, 2.75) is 32.7 Å². The Morgan fingerprint density at radius 1 is 1.44 bits per heavy atom. The van der Waals surface area contributed by atoms with E-state index in [-0.39, 0.29) is 5.91 Å². The number of piperidine rings is 1. The summed E-state index contributed by atoms with van der Waals surface area (Å²) >= 11 is 0. The maximum Gasteiger partial charge on any atom is 0.222 e. The standard InChI is InChI=1S/C12H19N3O/c1-2-12(16)14-8-4-11(5-9-14)10-15-7-3-6-13-15/h3,6-7,11H,2,4-5,8-10H2,1H3. The minimum absolute atomic E-state index is 0.289. The highest BCUT2D eigenvalue weighted by Crippen LogP contribution is 2.19. The van der Waals surface area contributed by atoms with E-state index in [4.69, 9.17) is 0 Å². The van der Waals surface area contributed by atoms with Crippen LogP contribution in [0, 0.1) is 5.92 Å². The third-order valence-corrected chi connectivity index (χ3v) is 3.27. The Bertz CT molecular complexity index is 326. The normalized spacial score (nSPS) is 17.7. The molecule has 2 rings (SSSR count). The zero-order valence-electron chi connectivity index (χ0n) is 9.80. The van der Waals surface area contributed by atoms with Crippen molar-refractivity contribution >= 4 is 5.91 Å². The van der Waals surface area contributed by atoms with Crippen LogP contribution in [0.25, 0.3) is 0 Å². The van der Waals surface area contributed by atoms with Crippen LogP contribution in [-0.2, 0) is 11.3 Å². The molecule has 4 heteroatoms. The number of aromatic nitrogens is 2. The summed E-state index contributed by atoms with van der Waals surface area (Å²) in [6.45, 7) is 4.75. The number of likely N-dealkylation sites (tertiary alicyclic amines) is 1. The smallest absolute Gasteiger partial charge is 0.222 e. The molecule has 88 valence electrons. The van der Waals surface area contributed by atoms with Gasteiger partial charge in [0.25, 0.3) is 0 Å². The number of hydrogen-bond acceptors (Lipinski definition) is 2. The average Bonchev–Trinajstić information content (AvgIpc) is 2.82. The zero-order chi connectivity index (χ0) is 11.4. The van der Waals surface area contributed by atoms with Crippen molar-refractivity contribution in [2.24, 2.45) is 5.92 Å². The number of nitrogens with zero attached hydrogens (tertiary/aromatic N) is 3. The van der Waals surface area contributed by atoms with Gasteiger partial charge in [-0.25, -0.2) is 0 Å². The van der Waals surface area contributed by atoms with Crippen LogP contribution < -0.4 is 0 Å². The summed E-state index contributed by atoms with van der Waals surface area (Å²) in [4.78, 5) is 13.5. The lowest BCUT2D eigenvalue weighted by atomic mass is 9.96. The molecule has 0 radical (unpaired) electrons. The Balaban J connectivity index is 1.79. The van der Waals surface area contributed by atoms with Gasteiger partial charge in [0, 0.05) is 38.4 Å².